The van der Waals surface area contributed by atoms with Crippen molar-refractivity contribution in [1.29, 1.82) is 0 Å². The van der Waals surface area contributed by atoms with E-state index >= 15 is 0 Å². The second-order valence-electron chi connectivity index (χ2n) is 4.99. The van der Waals surface area contributed by atoms with Crippen LogP contribution in [0.3, 0.4) is 0 Å². The summed E-state index contributed by atoms with van der Waals surface area (Å²) in [6.45, 7) is 5.50. The molecule has 0 amide bonds. The van der Waals surface area contributed by atoms with E-state index < -0.39 is 11.7 Å². The number of carbonyl (C=O) groups is 1. The first-order valence-electron chi connectivity index (χ1n) is 5.47. The van der Waals surface area contributed by atoms with E-state index in [1.165, 1.54) is 4.57 Å². The van der Waals surface area contributed by atoms with Crippen molar-refractivity contribution in [3.8, 4) is 0 Å². The normalized spacial score (nSPS) is 11.8. The smallest absolute Gasteiger partial charge is 0.419 e. The summed E-state index contributed by atoms with van der Waals surface area (Å²) >= 11 is 9.38. The van der Waals surface area contributed by atoms with Crippen molar-refractivity contribution in [2.45, 2.75) is 26.4 Å². The molecule has 0 unspecified atom stereocenters. The second-order valence-corrected chi connectivity index (χ2v) is 6.28. The maximum atomic E-state index is 12.1. The number of fused-ring (bicyclic) bond motifs is 1. The standard InChI is InChI=1S/C13H13BrClNO2/c1-13(2,3)18-12(17)16-7-10(14)9-5-4-8(15)6-11(9)16/h4-7H,1-3H3. The van der Waals surface area contributed by atoms with Crippen molar-refractivity contribution in [2.24, 2.45) is 0 Å². The molecule has 0 N–H and O–H groups in total. The zero-order chi connectivity index (χ0) is 13.5. The Morgan fingerprint density at radius 3 is 2.67 bits per heavy atom. The van der Waals surface area contributed by atoms with E-state index in [0.29, 0.717) is 5.02 Å². The van der Waals surface area contributed by atoms with Crippen molar-refractivity contribution in [1.82, 2.24) is 4.57 Å². The van der Waals surface area contributed by atoms with Crippen LogP contribution in [-0.2, 0) is 4.74 Å². The van der Waals surface area contributed by atoms with Crippen molar-refractivity contribution >= 4 is 44.5 Å². The first-order chi connectivity index (χ1) is 8.28. The minimum atomic E-state index is -0.529. The molecule has 0 aliphatic heterocycles. The van der Waals surface area contributed by atoms with Crippen LogP contribution < -0.4 is 0 Å². The Balaban J connectivity index is 2.51. The molecule has 0 aliphatic rings. The van der Waals surface area contributed by atoms with Crippen molar-refractivity contribution in [3.63, 3.8) is 0 Å². The van der Waals surface area contributed by atoms with Crippen LogP contribution in [0.2, 0.25) is 5.02 Å². The lowest BCUT2D eigenvalue weighted by molar-refractivity contribution is 0.0544. The van der Waals surface area contributed by atoms with Crippen molar-refractivity contribution in [3.05, 3.63) is 33.9 Å². The minimum absolute atomic E-state index is 0.416. The molecule has 96 valence electrons. The lowest BCUT2D eigenvalue weighted by atomic mass is 10.2. The van der Waals surface area contributed by atoms with E-state index in [1.807, 2.05) is 26.8 Å². The number of aromatic nitrogens is 1. The highest BCUT2D eigenvalue weighted by molar-refractivity contribution is 9.10. The molecule has 0 saturated carbocycles. The fourth-order valence-electron chi connectivity index (χ4n) is 1.62. The van der Waals surface area contributed by atoms with Gasteiger partial charge >= 0.3 is 6.09 Å². The summed E-state index contributed by atoms with van der Waals surface area (Å²) in [5.74, 6) is 0. The van der Waals surface area contributed by atoms with E-state index in [9.17, 15) is 4.79 Å². The molecule has 5 heteroatoms. The Labute approximate surface area is 119 Å². The molecule has 3 nitrogen and oxygen atoms in total. The Bertz CT molecular complexity index is 613. The summed E-state index contributed by atoms with van der Waals surface area (Å²) in [7, 11) is 0. The summed E-state index contributed by atoms with van der Waals surface area (Å²) in [5, 5.41) is 1.50. The van der Waals surface area contributed by atoms with Crippen molar-refractivity contribution in [2.75, 3.05) is 0 Å². The molecule has 0 saturated heterocycles. The molecular formula is C13H13BrClNO2. The summed E-state index contributed by atoms with van der Waals surface area (Å²) in [4.78, 5) is 12.1. The molecule has 1 heterocycles. The first kappa shape index (κ1) is 13.4. The number of halogens is 2. The third-order valence-corrected chi connectivity index (χ3v) is 3.18. The monoisotopic (exact) mass is 329 g/mol. The topological polar surface area (TPSA) is 31.2 Å². The number of nitrogens with zero attached hydrogens (tertiary/aromatic N) is 1. The highest BCUT2D eigenvalue weighted by atomic mass is 79.9. The van der Waals surface area contributed by atoms with Gasteiger partial charge in [0.25, 0.3) is 0 Å². The third kappa shape index (κ3) is 2.70. The van der Waals surface area contributed by atoms with Crippen LogP contribution in [0.5, 0.6) is 0 Å². The van der Waals surface area contributed by atoms with Gasteiger partial charge in [0.1, 0.15) is 5.60 Å². The van der Waals surface area contributed by atoms with Gasteiger partial charge in [0.2, 0.25) is 0 Å². The van der Waals surface area contributed by atoms with Crippen LogP contribution >= 0.6 is 27.5 Å². The van der Waals surface area contributed by atoms with Gasteiger partial charge in [-0.3, -0.25) is 4.57 Å². The van der Waals surface area contributed by atoms with E-state index in [-0.39, 0.29) is 0 Å². The highest BCUT2D eigenvalue weighted by Gasteiger charge is 2.20. The molecule has 0 aliphatic carbocycles. The van der Waals surface area contributed by atoms with Gasteiger partial charge in [-0.25, -0.2) is 4.79 Å². The zero-order valence-corrected chi connectivity index (χ0v) is 12.7. The molecule has 1 aromatic carbocycles. The number of ether oxygens (including phenoxy) is 1. The van der Waals surface area contributed by atoms with Crippen LogP contribution in [0.1, 0.15) is 20.8 Å². The van der Waals surface area contributed by atoms with Crippen LogP contribution in [0.15, 0.2) is 28.9 Å². The maximum Gasteiger partial charge on any atom is 0.419 e. The third-order valence-electron chi connectivity index (χ3n) is 2.31. The average molecular weight is 331 g/mol. The Morgan fingerprint density at radius 1 is 1.39 bits per heavy atom. The molecule has 0 radical (unpaired) electrons. The average Bonchev–Trinajstić information content (AvgIpc) is 2.53. The SMILES string of the molecule is CC(C)(C)OC(=O)n1cc(Br)c2ccc(Cl)cc21. The van der Waals surface area contributed by atoms with Gasteiger partial charge < -0.3 is 4.74 Å². The molecule has 0 atom stereocenters. The summed E-state index contributed by atoms with van der Waals surface area (Å²) < 4.78 is 7.63. The van der Waals surface area contributed by atoms with Gasteiger partial charge in [0.05, 0.1) is 5.52 Å². The summed E-state index contributed by atoms with van der Waals surface area (Å²) in [6, 6.07) is 5.39. The Kier molecular flexibility index (Phi) is 3.43. The van der Waals surface area contributed by atoms with Gasteiger partial charge in [-0.2, -0.15) is 0 Å². The fraction of sp³-hybridized carbons (Fsp3) is 0.308. The quantitative estimate of drug-likeness (QED) is 0.692. The van der Waals surface area contributed by atoms with Crippen molar-refractivity contribution < 1.29 is 9.53 Å². The molecule has 0 bridgehead atoms. The number of hydrogen-bond donors (Lipinski definition) is 0. The number of hydrogen-bond acceptors (Lipinski definition) is 2. The Morgan fingerprint density at radius 2 is 2.06 bits per heavy atom. The molecular weight excluding hydrogens is 318 g/mol. The van der Waals surface area contributed by atoms with Gasteiger partial charge in [0.15, 0.2) is 0 Å². The molecule has 18 heavy (non-hydrogen) atoms. The molecule has 0 spiro atoms. The highest BCUT2D eigenvalue weighted by Crippen LogP contribution is 2.29. The van der Waals surface area contributed by atoms with Crippen LogP contribution in [0, 0.1) is 0 Å². The lowest BCUT2D eigenvalue weighted by Crippen LogP contribution is -2.26. The van der Waals surface area contributed by atoms with Crippen LogP contribution in [0.4, 0.5) is 4.79 Å². The maximum absolute atomic E-state index is 12.1. The predicted molar refractivity (Wildman–Crippen MR) is 76.3 cm³/mol. The predicted octanol–water partition coefficient (Wildman–Crippen LogP) is 4.84. The number of rotatable bonds is 0. The van der Waals surface area contributed by atoms with Gasteiger partial charge in [-0.1, -0.05) is 17.7 Å². The first-order valence-corrected chi connectivity index (χ1v) is 6.64. The Hall–Kier alpha value is -1.00. The van der Waals surface area contributed by atoms with Gasteiger partial charge in [-0.15, -0.1) is 0 Å². The van der Waals surface area contributed by atoms with Gasteiger partial charge in [0, 0.05) is 21.1 Å². The lowest BCUT2D eigenvalue weighted by Gasteiger charge is -2.19. The number of carbonyl (C=O) groups excluding carboxylic acids is 1. The molecule has 2 rings (SSSR count). The summed E-state index contributed by atoms with van der Waals surface area (Å²) in [5.41, 5.74) is 0.197. The van der Waals surface area contributed by atoms with Gasteiger partial charge in [-0.05, 0) is 48.8 Å². The zero-order valence-electron chi connectivity index (χ0n) is 10.3. The van der Waals surface area contributed by atoms with E-state index in [0.717, 1.165) is 15.4 Å². The second kappa shape index (κ2) is 4.59. The van der Waals surface area contributed by atoms with E-state index in [2.05, 4.69) is 15.9 Å². The minimum Gasteiger partial charge on any atom is -0.443 e. The fourth-order valence-corrected chi connectivity index (χ4v) is 2.33. The largest absolute Gasteiger partial charge is 0.443 e. The van der Waals surface area contributed by atoms with Crippen LogP contribution in [-0.4, -0.2) is 16.3 Å². The molecule has 2 aromatic rings. The van der Waals surface area contributed by atoms with E-state index in [1.54, 1.807) is 18.3 Å². The van der Waals surface area contributed by atoms with Crippen LogP contribution in [0.25, 0.3) is 10.9 Å². The molecule has 1 aromatic heterocycles. The number of benzene rings is 1. The van der Waals surface area contributed by atoms with E-state index in [4.69, 9.17) is 16.3 Å². The summed E-state index contributed by atoms with van der Waals surface area (Å²) in [6.07, 6.45) is 1.27. The molecule has 0 fully saturated rings.